The maximum atomic E-state index is 13.4. The molecule has 1 unspecified atom stereocenters. The van der Waals surface area contributed by atoms with Gasteiger partial charge in [0, 0.05) is 28.0 Å². The Morgan fingerprint density at radius 1 is 1.09 bits per heavy atom. The molecule has 1 atom stereocenters. The maximum absolute atomic E-state index is 13.4. The van der Waals surface area contributed by atoms with Crippen molar-refractivity contribution in [3.05, 3.63) is 87.1 Å². The normalized spacial score (nSPS) is 15.6. The molecule has 0 aliphatic carbocycles. The molecule has 0 bridgehead atoms. The lowest BCUT2D eigenvalue weighted by Crippen LogP contribution is -2.45. The standard InChI is InChI=1S/C27H30ClN3O2S/c1-19-9-10-22(18-24(19)28)30-27(33)25(20-6-3-2-4-7-20)31-15-12-21(13-16-31)26(32)29-14-11-23-8-5-17-34-23/h2-10,17-18,21,25H,11-16H2,1H3,(H,29,32)(H,30,33). The number of aryl methyl sites for hydroxylation is 1. The molecule has 1 fully saturated rings. The fraction of sp³-hybridized carbons (Fsp3) is 0.333. The van der Waals surface area contributed by atoms with Crippen molar-refractivity contribution in [2.75, 3.05) is 25.0 Å². The Balaban J connectivity index is 1.38. The number of halogens is 1. The van der Waals surface area contributed by atoms with Gasteiger partial charge in [-0.25, -0.2) is 0 Å². The average molecular weight is 496 g/mol. The van der Waals surface area contributed by atoms with Gasteiger partial charge in [-0.05, 0) is 74.0 Å². The van der Waals surface area contributed by atoms with E-state index in [1.807, 2.05) is 55.5 Å². The van der Waals surface area contributed by atoms with Gasteiger partial charge in [-0.1, -0.05) is 54.1 Å². The molecule has 2 amide bonds. The van der Waals surface area contributed by atoms with Crippen LogP contribution in [0.3, 0.4) is 0 Å². The Hall–Kier alpha value is -2.67. The largest absolute Gasteiger partial charge is 0.355 e. The van der Waals surface area contributed by atoms with Gasteiger partial charge in [0.1, 0.15) is 6.04 Å². The van der Waals surface area contributed by atoms with Crippen LogP contribution in [0.1, 0.15) is 34.9 Å². The Bertz CT molecular complexity index is 1100. The highest BCUT2D eigenvalue weighted by Crippen LogP contribution is 2.29. The fourth-order valence-corrected chi connectivity index (χ4v) is 5.26. The number of nitrogens with zero attached hydrogens (tertiary/aromatic N) is 1. The van der Waals surface area contributed by atoms with Gasteiger partial charge in [-0.3, -0.25) is 14.5 Å². The van der Waals surface area contributed by atoms with Crippen molar-refractivity contribution in [3.63, 3.8) is 0 Å². The summed E-state index contributed by atoms with van der Waals surface area (Å²) >= 11 is 7.97. The van der Waals surface area contributed by atoms with Crippen molar-refractivity contribution >= 4 is 40.4 Å². The van der Waals surface area contributed by atoms with Gasteiger partial charge in [0.15, 0.2) is 0 Å². The van der Waals surface area contributed by atoms with Crippen LogP contribution in [-0.4, -0.2) is 36.3 Å². The number of piperidine rings is 1. The molecule has 1 saturated heterocycles. The van der Waals surface area contributed by atoms with E-state index in [0.29, 0.717) is 30.3 Å². The van der Waals surface area contributed by atoms with Crippen molar-refractivity contribution in [1.29, 1.82) is 0 Å². The summed E-state index contributed by atoms with van der Waals surface area (Å²) in [6, 6.07) is 19.1. The molecule has 1 aromatic heterocycles. The zero-order valence-electron chi connectivity index (χ0n) is 19.3. The van der Waals surface area contributed by atoms with Gasteiger partial charge >= 0.3 is 0 Å². The monoisotopic (exact) mass is 495 g/mol. The molecule has 0 spiro atoms. The van der Waals surface area contributed by atoms with E-state index in [0.717, 1.165) is 30.4 Å². The summed E-state index contributed by atoms with van der Waals surface area (Å²) in [5.41, 5.74) is 2.59. The summed E-state index contributed by atoms with van der Waals surface area (Å²) in [7, 11) is 0. The molecule has 1 aliphatic heterocycles. The first-order chi connectivity index (χ1) is 16.5. The van der Waals surface area contributed by atoms with Crippen LogP contribution < -0.4 is 10.6 Å². The number of amides is 2. The second-order valence-corrected chi connectivity index (χ2v) is 10.1. The van der Waals surface area contributed by atoms with Gasteiger partial charge in [-0.15, -0.1) is 11.3 Å². The summed E-state index contributed by atoms with van der Waals surface area (Å²) in [6.45, 7) is 3.96. The Kier molecular flexibility index (Phi) is 8.38. The predicted octanol–water partition coefficient (Wildman–Crippen LogP) is 5.46. The van der Waals surface area contributed by atoms with Crippen LogP contribution in [0.5, 0.6) is 0 Å². The lowest BCUT2D eigenvalue weighted by Gasteiger charge is -2.36. The molecular formula is C27H30ClN3O2S. The number of likely N-dealkylation sites (tertiary alicyclic amines) is 1. The van der Waals surface area contributed by atoms with Crippen molar-refractivity contribution < 1.29 is 9.59 Å². The number of hydrogen-bond donors (Lipinski definition) is 2. The molecule has 178 valence electrons. The molecular weight excluding hydrogens is 466 g/mol. The maximum Gasteiger partial charge on any atom is 0.246 e. The van der Waals surface area contributed by atoms with E-state index in [4.69, 9.17) is 11.6 Å². The summed E-state index contributed by atoms with van der Waals surface area (Å²) in [4.78, 5) is 29.5. The minimum atomic E-state index is -0.427. The third kappa shape index (κ3) is 6.26. The topological polar surface area (TPSA) is 61.4 Å². The van der Waals surface area contributed by atoms with E-state index < -0.39 is 6.04 Å². The van der Waals surface area contributed by atoms with Crippen molar-refractivity contribution in [2.24, 2.45) is 5.92 Å². The molecule has 1 aliphatic rings. The number of thiophene rings is 1. The van der Waals surface area contributed by atoms with E-state index in [9.17, 15) is 9.59 Å². The number of carbonyl (C=O) groups is 2. The molecule has 2 aromatic carbocycles. The van der Waals surface area contributed by atoms with Gasteiger partial charge in [0.25, 0.3) is 0 Å². The van der Waals surface area contributed by atoms with Crippen LogP contribution >= 0.6 is 22.9 Å². The first kappa shape index (κ1) is 24.5. The molecule has 7 heteroatoms. The summed E-state index contributed by atoms with van der Waals surface area (Å²) < 4.78 is 0. The Morgan fingerprint density at radius 3 is 2.53 bits per heavy atom. The van der Waals surface area contributed by atoms with Gasteiger partial charge < -0.3 is 10.6 Å². The first-order valence-corrected chi connectivity index (χ1v) is 12.9. The number of hydrogen-bond acceptors (Lipinski definition) is 4. The third-order valence-electron chi connectivity index (χ3n) is 6.32. The Morgan fingerprint density at radius 2 is 1.85 bits per heavy atom. The van der Waals surface area contributed by atoms with Crippen molar-refractivity contribution in [3.8, 4) is 0 Å². The van der Waals surface area contributed by atoms with Gasteiger partial charge in [0.05, 0.1) is 0 Å². The highest BCUT2D eigenvalue weighted by atomic mass is 35.5. The van der Waals surface area contributed by atoms with Crippen LogP contribution in [0, 0.1) is 12.8 Å². The van der Waals surface area contributed by atoms with E-state index in [2.05, 4.69) is 27.0 Å². The average Bonchev–Trinajstić information content (AvgIpc) is 3.36. The smallest absolute Gasteiger partial charge is 0.246 e. The number of nitrogens with one attached hydrogen (secondary N) is 2. The number of rotatable bonds is 8. The molecule has 34 heavy (non-hydrogen) atoms. The van der Waals surface area contributed by atoms with Crippen molar-refractivity contribution in [2.45, 2.75) is 32.2 Å². The van der Waals surface area contributed by atoms with Crippen LogP contribution in [0.25, 0.3) is 0 Å². The highest BCUT2D eigenvalue weighted by Gasteiger charge is 2.33. The predicted molar refractivity (Wildman–Crippen MR) is 139 cm³/mol. The third-order valence-corrected chi connectivity index (χ3v) is 7.66. The zero-order chi connectivity index (χ0) is 23.9. The van der Waals surface area contributed by atoms with Crippen LogP contribution in [0.4, 0.5) is 5.69 Å². The molecule has 4 rings (SSSR count). The van der Waals surface area contributed by atoms with Gasteiger partial charge in [-0.2, -0.15) is 0 Å². The number of carbonyl (C=O) groups excluding carboxylic acids is 2. The van der Waals surface area contributed by atoms with E-state index in [-0.39, 0.29) is 17.7 Å². The molecule has 5 nitrogen and oxygen atoms in total. The van der Waals surface area contributed by atoms with E-state index in [1.165, 1.54) is 4.88 Å². The minimum absolute atomic E-state index is 0.0185. The van der Waals surface area contributed by atoms with E-state index in [1.54, 1.807) is 17.4 Å². The number of anilines is 1. The molecule has 2 heterocycles. The first-order valence-electron chi connectivity index (χ1n) is 11.7. The second kappa shape index (κ2) is 11.6. The summed E-state index contributed by atoms with van der Waals surface area (Å²) in [5, 5.41) is 8.81. The van der Waals surface area contributed by atoms with Crippen molar-refractivity contribution in [1.82, 2.24) is 10.2 Å². The van der Waals surface area contributed by atoms with Crippen LogP contribution in [0.2, 0.25) is 5.02 Å². The lowest BCUT2D eigenvalue weighted by atomic mass is 9.93. The summed E-state index contributed by atoms with van der Waals surface area (Å²) in [6.07, 6.45) is 2.33. The lowest BCUT2D eigenvalue weighted by molar-refractivity contribution is -0.127. The minimum Gasteiger partial charge on any atom is -0.355 e. The summed E-state index contributed by atoms with van der Waals surface area (Å²) in [5.74, 6) is 0.00570. The zero-order valence-corrected chi connectivity index (χ0v) is 20.9. The molecule has 3 aromatic rings. The van der Waals surface area contributed by atoms with Gasteiger partial charge in [0.2, 0.25) is 11.8 Å². The van der Waals surface area contributed by atoms with E-state index >= 15 is 0 Å². The Labute approximate surface area is 210 Å². The quantitative estimate of drug-likeness (QED) is 0.436. The molecule has 0 radical (unpaired) electrons. The molecule has 0 saturated carbocycles. The second-order valence-electron chi connectivity index (χ2n) is 8.70. The number of benzene rings is 2. The molecule has 2 N–H and O–H groups in total. The highest BCUT2D eigenvalue weighted by molar-refractivity contribution is 7.09. The van der Waals surface area contributed by atoms with Crippen LogP contribution in [0.15, 0.2) is 66.0 Å². The SMILES string of the molecule is Cc1ccc(NC(=O)C(c2ccccc2)N2CCC(C(=O)NCCc3cccs3)CC2)cc1Cl. The van der Waals surface area contributed by atoms with Crippen LogP contribution in [-0.2, 0) is 16.0 Å². The fourth-order valence-electron chi connectivity index (χ4n) is 4.37.